The van der Waals surface area contributed by atoms with E-state index in [0.717, 1.165) is 38.5 Å². The molecule has 0 saturated carbocycles. The molecule has 0 aliphatic rings. The van der Waals surface area contributed by atoms with Crippen molar-refractivity contribution in [2.24, 2.45) is 5.92 Å². The molecule has 11 nitrogen and oxygen atoms in total. The molecule has 2 amide bonds. The van der Waals surface area contributed by atoms with Gasteiger partial charge >= 0.3 is 11.9 Å². The Hall–Kier alpha value is -4.17. The first kappa shape index (κ1) is 44.9. The van der Waals surface area contributed by atoms with E-state index in [-0.39, 0.29) is 13.0 Å². The largest absolute Gasteiger partial charge is 0.481 e. The quantitative estimate of drug-likeness (QED) is 0.0360. The number of hydrogen-bond donors (Lipinski definition) is 4. The highest BCUT2D eigenvalue weighted by atomic mass is 16.5. The Morgan fingerprint density at radius 1 is 0.902 bits per heavy atom. The number of nitrogens with one attached hydrogen (secondary N) is 2. The Kier molecular flexibility index (Phi) is 23.4. The molecule has 1 rings (SSSR count). The molecule has 0 unspecified atom stereocenters. The van der Waals surface area contributed by atoms with Crippen molar-refractivity contribution in [3.8, 4) is 17.6 Å². The number of aliphatic hydroxyl groups is 1. The third-order valence-electron chi connectivity index (χ3n) is 8.57. The van der Waals surface area contributed by atoms with Gasteiger partial charge in [-0.25, -0.2) is 9.59 Å². The zero-order valence-electron chi connectivity index (χ0n) is 31.1. The van der Waals surface area contributed by atoms with E-state index in [1.807, 2.05) is 6.92 Å². The molecule has 0 aromatic heterocycles. The van der Waals surface area contributed by atoms with Crippen LogP contribution in [0.2, 0.25) is 0 Å². The van der Waals surface area contributed by atoms with Crippen LogP contribution in [0.25, 0.3) is 0 Å². The van der Waals surface area contributed by atoms with Gasteiger partial charge in [0.25, 0.3) is 0 Å². The minimum absolute atomic E-state index is 0.00819. The molecule has 51 heavy (non-hydrogen) atoms. The summed E-state index contributed by atoms with van der Waals surface area (Å²) in [5, 5.41) is 26.8. The molecule has 284 valence electrons. The van der Waals surface area contributed by atoms with Gasteiger partial charge in [-0.2, -0.15) is 0 Å². The van der Waals surface area contributed by atoms with Gasteiger partial charge in [-0.15, -0.1) is 5.92 Å². The second-order valence-corrected chi connectivity index (χ2v) is 12.8. The summed E-state index contributed by atoms with van der Waals surface area (Å²) in [7, 11) is 1.17. The Morgan fingerprint density at radius 3 is 2.12 bits per heavy atom. The molecule has 0 spiro atoms. The van der Waals surface area contributed by atoms with Gasteiger partial charge in [0, 0.05) is 25.8 Å². The van der Waals surface area contributed by atoms with E-state index in [9.17, 15) is 34.2 Å². The number of carbonyl (C=O) groups is 5. The van der Waals surface area contributed by atoms with Crippen LogP contribution >= 0.6 is 0 Å². The number of carboxylic acid groups (broad SMARTS) is 1. The fourth-order valence-corrected chi connectivity index (χ4v) is 5.46. The number of carbonyl (C=O) groups excluding carboxylic acids is 4. The number of esters is 1. The highest BCUT2D eigenvalue weighted by Gasteiger charge is 2.49. The van der Waals surface area contributed by atoms with Crippen LogP contribution < -0.4 is 15.4 Å². The van der Waals surface area contributed by atoms with Gasteiger partial charge in [0.1, 0.15) is 24.2 Å². The zero-order valence-corrected chi connectivity index (χ0v) is 31.1. The van der Waals surface area contributed by atoms with Gasteiger partial charge in [0.15, 0.2) is 5.60 Å². The van der Waals surface area contributed by atoms with E-state index in [0.29, 0.717) is 55.7 Å². The van der Waals surface area contributed by atoms with Crippen molar-refractivity contribution in [1.29, 1.82) is 0 Å². The first-order valence-electron chi connectivity index (χ1n) is 18.4. The van der Waals surface area contributed by atoms with Gasteiger partial charge < -0.3 is 30.3 Å². The molecule has 0 radical (unpaired) electrons. The molecule has 3 atom stereocenters. The van der Waals surface area contributed by atoms with E-state index >= 15 is 0 Å². The molecule has 0 bridgehead atoms. The fraction of sp³-hybridized carbons (Fsp3) is 0.625. The summed E-state index contributed by atoms with van der Waals surface area (Å²) in [5.41, 5.74) is -2.14. The third kappa shape index (κ3) is 18.6. The second-order valence-electron chi connectivity index (χ2n) is 12.8. The van der Waals surface area contributed by atoms with Crippen molar-refractivity contribution >= 4 is 29.5 Å². The molecule has 4 N–H and O–H groups in total. The van der Waals surface area contributed by atoms with Crippen molar-refractivity contribution in [2.45, 2.75) is 135 Å². The molecule has 0 aliphatic carbocycles. The molecule has 0 fully saturated rings. The summed E-state index contributed by atoms with van der Waals surface area (Å²) < 4.78 is 10.5. The fourth-order valence-electron chi connectivity index (χ4n) is 5.46. The Morgan fingerprint density at radius 2 is 1.53 bits per heavy atom. The highest BCUT2D eigenvalue weighted by molar-refractivity contribution is 5.95. The summed E-state index contributed by atoms with van der Waals surface area (Å²) in [6.45, 7) is 6.32. The number of ether oxygens (including phenoxy) is 2. The lowest BCUT2D eigenvalue weighted by atomic mass is 9.82. The smallest absolute Gasteiger partial charge is 0.337 e. The topological polar surface area (TPSA) is 168 Å². The zero-order chi connectivity index (χ0) is 37.9. The van der Waals surface area contributed by atoms with E-state index in [4.69, 9.17) is 9.47 Å². The van der Waals surface area contributed by atoms with E-state index in [1.54, 1.807) is 37.3 Å². The third-order valence-corrected chi connectivity index (χ3v) is 8.57. The molecule has 0 saturated heterocycles. The number of methoxy groups -OCH3 is 1. The lowest BCUT2D eigenvalue weighted by Gasteiger charge is -2.30. The number of carboxylic acids is 1. The highest BCUT2D eigenvalue weighted by Crippen LogP contribution is 2.26. The number of amides is 2. The first-order chi connectivity index (χ1) is 24.5. The van der Waals surface area contributed by atoms with Crippen LogP contribution in [0.5, 0.6) is 5.75 Å². The van der Waals surface area contributed by atoms with Crippen LogP contribution in [0.1, 0.15) is 123 Å². The Labute approximate surface area is 304 Å². The molecular weight excluding hydrogens is 652 g/mol. The average Bonchev–Trinajstić information content (AvgIpc) is 3.10. The molecule has 11 heteroatoms. The average molecular weight is 713 g/mol. The maximum atomic E-state index is 13.8. The number of ketones is 1. The predicted molar refractivity (Wildman–Crippen MR) is 197 cm³/mol. The van der Waals surface area contributed by atoms with Gasteiger partial charge in [-0.1, -0.05) is 89.0 Å². The number of allylic oxidation sites excluding steroid dienone is 1. The summed E-state index contributed by atoms with van der Waals surface area (Å²) in [6.07, 6.45) is 14.0. The van der Waals surface area contributed by atoms with E-state index in [1.165, 1.54) is 32.4 Å². The maximum absolute atomic E-state index is 13.8. The lowest BCUT2D eigenvalue weighted by Crippen LogP contribution is -2.56. The van der Waals surface area contributed by atoms with E-state index < -0.39 is 47.7 Å². The van der Waals surface area contributed by atoms with Crippen LogP contribution in [0.3, 0.4) is 0 Å². The van der Waals surface area contributed by atoms with Crippen molar-refractivity contribution in [1.82, 2.24) is 10.6 Å². The summed E-state index contributed by atoms with van der Waals surface area (Å²) >= 11 is 0. The van der Waals surface area contributed by atoms with Crippen molar-refractivity contribution in [3.63, 3.8) is 0 Å². The molecule has 1 aromatic rings. The number of benzene rings is 1. The summed E-state index contributed by atoms with van der Waals surface area (Å²) in [5.74, 6) is 0.522. The summed E-state index contributed by atoms with van der Waals surface area (Å²) in [4.78, 5) is 63.9. The first-order valence-corrected chi connectivity index (χ1v) is 18.4. The number of unbranched alkanes of at least 4 members (excludes halogenated alkanes) is 9. The number of rotatable bonds is 28. The van der Waals surface area contributed by atoms with Crippen LogP contribution in [0.15, 0.2) is 36.4 Å². The number of hydrogen-bond acceptors (Lipinski definition) is 8. The van der Waals surface area contributed by atoms with Crippen LogP contribution in [0, 0.1) is 17.8 Å². The monoisotopic (exact) mass is 712 g/mol. The Balaban J connectivity index is 3.02. The van der Waals surface area contributed by atoms with Crippen LogP contribution in [-0.2, 0) is 35.1 Å². The second kappa shape index (κ2) is 26.6. The lowest BCUT2D eigenvalue weighted by molar-refractivity contribution is -0.169. The molecular formula is C40H60N2O9. The summed E-state index contributed by atoms with van der Waals surface area (Å²) in [6, 6.07) is 5.61. The normalized spacial score (nSPS) is 13.3. The van der Waals surface area contributed by atoms with Gasteiger partial charge in [-0.05, 0) is 56.7 Å². The Bertz CT molecular complexity index is 1300. The van der Waals surface area contributed by atoms with Crippen molar-refractivity contribution < 1.29 is 43.7 Å². The number of aliphatic carboxylic acids is 1. The minimum Gasteiger partial charge on any atom is -0.481 e. The van der Waals surface area contributed by atoms with Crippen molar-refractivity contribution in [3.05, 3.63) is 42.0 Å². The van der Waals surface area contributed by atoms with Crippen molar-refractivity contribution in [2.75, 3.05) is 20.3 Å². The maximum Gasteiger partial charge on any atom is 0.337 e. The molecule has 0 heterocycles. The van der Waals surface area contributed by atoms with Crippen LogP contribution in [0.4, 0.5) is 0 Å². The standard InChI is InChI=1S/C40H60N2O9/c1-5-8-11-14-17-20-32(43)21-18-15-12-13-16-19-22-34(40(49,39(47)48)30-36(44)41-27-9-6-2)37(45)42-35(38(46)50-4)29-31-23-25-33(26-24-31)51-28-10-7-3/h19,22-26,34-35,49H,5-6,8-9,11-18,20-21,27-30H2,1-4H3,(H,41,44)(H,42,45)(H,47,48)/b22-19+/t34-,35+,40+/m1/s1. The number of Topliss-reactive ketones (excluding diaryl/α,β-unsaturated/α-hetero) is 1. The van der Waals surface area contributed by atoms with Gasteiger partial charge in [-0.3, -0.25) is 14.4 Å². The predicted octanol–water partition coefficient (Wildman–Crippen LogP) is 5.85. The molecule has 1 aromatic carbocycles. The SMILES string of the molecule is CC#CCOc1ccc(C[C@H](NC(=O)[C@@H](/C=C/CCCCCCC(=O)CCCCCCC)[C@@](O)(CC(=O)NCCCC)C(=O)O)C(=O)OC)cc1. The van der Waals surface area contributed by atoms with Gasteiger partial charge in [0.05, 0.1) is 19.4 Å². The van der Waals surface area contributed by atoms with Crippen LogP contribution in [-0.4, -0.2) is 71.7 Å². The molecule has 0 aliphatic heterocycles. The van der Waals surface area contributed by atoms with Gasteiger partial charge in [0.2, 0.25) is 11.8 Å². The minimum atomic E-state index is -2.80. The van der Waals surface area contributed by atoms with E-state index in [2.05, 4.69) is 29.4 Å².